The maximum atomic E-state index is 13.5. The fourth-order valence-corrected chi connectivity index (χ4v) is 2.18. The standard InChI is InChI=1S/C13H19FN2O/c1-16-6-5-11(9-16)15-8-10-3-4-13(17-2)12(14)7-10/h3-4,7,11,15H,5-6,8-9H2,1-2H3. The number of methoxy groups -OCH3 is 1. The molecule has 3 nitrogen and oxygen atoms in total. The van der Waals surface area contributed by atoms with Gasteiger partial charge >= 0.3 is 0 Å². The summed E-state index contributed by atoms with van der Waals surface area (Å²) in [6, 6.07) is 5.62. The van der Waals surface area contributed by atoms with Gasteiger partial charge in [-0.25, -0.2) is 4.39 Å². The van der Waals surface area contributed by atoms with E-state index in [4.69, 9.17) is 4.74 Å². The molecule has 17 heavy (non-hydrogen) atoms. The number of likely N-dealkylation sites (tertiary alicyclic amines) is 1. The van der Waals surface area contributed by atoms with Gasteiger partial charge in [0.25, 0.3) is 0 Å². The van der Waals surface area contributed by atoms with Crippen molar-refractivity contribution >= 4 is 0 Å². The highest BCUT2D eigenvalue weighted by Gasteiger charge is 2.18. The van der Waals surface area contributed by atoms with E-state index < -0.39 is 0 Å². The van der Waals surface area contributed by atoms with E-state index in [0.29, 0.717) is 18.3 Å². The van der Waals surface area contributed by atoms with Crippen molar-refractivity contribution in [3.8, 4) is 5.75 Å². The van der Waals surface area contributed by atoms with E-state index in [-0.39, 0.29) is 5.82 Å². The maximum absolute atomic E-state index is 13.5. The van der Waals surface area contributed by atoms with Crippen molar-refractivity contribution in [1.29, 1.82) is 0 Å². The van der Waals surface area contributed by atoms with Gasteiger partial charge in [-0.3, -0.25) is 0 Å². The van der Waals surface area contributed by atoms with Crippen molar-refractivity contribution < 1.29 is 9.13 Å². The predicted octanol–water partition coefficient (Wildman–Crippen LogP) is 1.63. The molecule has 1 atom stereocenters. The van der Waals surface area contributed by atoms with Gasteiger partial charge in [0.15, 0.2) is 11.6 Å². The van der Waals surface area contributed by atoms with Crippen LogP contribution in [0.4, 0.5) is 4.39 Å². The molecule has 0 spiro atoms. The molecule has 0 saturated carbocycles. The molecule has 0 bridgehead atoms. The molecule has 1 fully saturated rings. The van der Waals surface area contributed by atoms with Crippen LogP contribution in [0.1, 0.15) is 12.0 Å². The van der Waals surface area contributed by atoms with E-state index in [1.807, 2.05) is 6.07 Å². The molecule has 0 amide bonds. The molecule has 2 rings (SSSR count). The van der Waals surface area contributed by atoms with Gasteiger partial charge in [0.2, 0.25) is 0 Å². The van der Waals surface area contributed by atoms with E-state index in [0.717, 1.165) is 25.1 Å². The summed E-state index contributed by atoms with van der Waals surface area (Å²) in [5.74, 6) is 0.00434. The Balaban J connectivity index is 1.88. The molecule has 1 unspecified atom stereocenters. The molecule has 0 aromatic heterocycles. The minimum absolute atomic E-state index is 0.296. The average Bonchev–Trinajstić information content (AvgIpc) is 2.73. The average molecular weight is 238 g/mol. The molecule has 1 heterocycles. The first kappa shape index (κ1) is 12.3. The first-order chi connectivity index (χ1) is 8.19. The zero-order chi connectivity index (χ0) is 12.3. The Bertz CT molecular complexity index is 384. The molecule has 0 radical (unpaired) electrons. The zero-order valence-electron chi connectivity index (χ0n) is 10.4. The highest BCUT2D eigenvalue weighted by atomic mass is 19.1. The van der Waals surface area contributed by atoms with Crippen LogP contribution in [-0.4, -0.2) is 38.2 Å². The SMILES string of the molecule is COc1ccc(CNC2CCN(C)C2)cc1F. The summed E-state index contributed by atoms with van der Waals surface area (Å²) in [7, 11) is 3.60. The van der Waals surface area contributed by atoms with Gasteiger partial charge in [0, 0.05) is 19.1 Å². The number of rotatable bonds is 4. The molecule has 1 aromatic carbocycles. The second-order valence-corrected chi connectivity index (χ2v) is 4.60. The van der Waals surface area contributed by atoms with Crippen molar-refractivity contribution in [3.63, 3.8) is 0 Å². The Labute approximate surface area is 102 Å². The number of hydrogen-bond donors (Lipinski definition) is 1. The van der Waals surface area contributed by atoms with Crippen molar-refractivity contribution in [2.75, 3.05) is 27.2 Å². The van der Waals surface area contributed by atoms with Gasteiger partial charge in [-0.05, 0) is 37.7 Å². The van der Waals surface area contributed by atoms with E-state index in [1.54, 1.807) is 6.07 Å². The second-order valence-electron chi connectivity index (χ2n) is 4.60. The lowest BCUT2D eigenvalue weighted by Gasteiger charge is -2.13. The molecular formula is C13H19FN2O. The number of nitrogens with one attached hydrogen (secondary N) is 1. The van der Waals surface area contributed by atoms with Crippen molar-refractivity contribution in [3.05, 3.63) is 29.6 Å². The summed E-state index contributed by atoms with van der Waals surface area (Å²) < 4.78 is 18.3. The molecule has 1 aliphatic heterocycles. The summed E-state index contributed by atoms with van der Waals surface area (Å²) >= 11 is 0. The van der Waals surface area contributed by atoms with Crippen LogP contribution in [-0.2, 0) is 6.54 Å². The van der Waals surface area contributed by atoms with Crippen LogP contribution in [0.2, 0.25) is 0 Å². The van der Waals surface area contributed by atoms with Gasteiger partial charge in [0.05, 0.1) is 7.11 Å². The third-order valence-corrected chi connectivity index (χ3v) is 3.20. The van der Waals surface area contributed by atoms with E-state index in [2.05, 4.69) is 17.3 Å². The second kappa shape index (κ2) is 5.47. The molecule has 1 aliphatic rings. The minimum atomic E-state index is -0.296. The number of hydrogen-bond acceptors (Lipinski definition) is 3. The summed E-state index contributed by atoms with van der Waals surface area (Å²) in [6.07, 6.45) is 1.16. The van der Waals surface area contributed by atoms with Gasteiger partial charge in [0.1, 0.15) is 0 Å². The molecule has 94 valence electrons. The lowest BCUT2D eigenvalue weighted by Crippen LogP contribution is -2.30. The topological polar surface area (TPSA) is 24.5 Å². The fraction of sp³-hybridized carbons (Fsp3) is 0.538. The van der Waals surface area contributed by atoms with Crippen LogP contribution >= 0.6 is 0 Å². The first-order valence-corrected chi connectivity index (χ1v) is 5.93. The molecule has 0 aliphatic carbocycles. The molecule has 1 saturated heterocycles. The summed E-state index contributed by atoms with van der Waals surface area (Å²) in [5, 5.41) is 3.44. The molecule has 1 N–H and O–H groups in total. The summed E-state index contributed by atoms with van der Waals surface area (Å²) in [5.41, 5.74) is 0.956. The maximum Gasteiger partial charge on any atom is 0.165 e. The third-order valence-electron chi connectivity index (χ3n) is 3.20. The largest absolute Gasteiger partial charge is 0.494 e. The van der Waals surface area contributed by atoms with E-state index in [1.165, 1.54) is 13.2 Å². The predicted molar refractivity (Wildman–Crippen MR) is 65.7 cm³/mol. The van der Waals surface area contributed by atoms with Crippen molar-refractivity contribution in [2.45, 2.75) is 19.0 Å². The fourth-order valence-electron chi connectivity index (χ4n) is 2.18. The highest BCUT2D eigenvalue weighted by molar-refractivity contribution is 5.29. The quantitative estimate of drug-likeness (QED) is 0.863. The Morgan fingerprint density at radius 3 is 2.94 bits per heavy atom. The molecule has 4 heteroatoms. The van der Waals surface area contributed by atoms with E-state index >= 15 is 0 Å². The lowest BCUT2D eigenvalue weighted by atomic mass is 10.2. The number of halogens is 1. The third kappa shape index (κ3) is 3.17. The van der Waals surface area contributed by atoms with Crippen LogP contribution in [0.25, 0.3) is 0 Å². The molecular weight excluding hydrogens is 219 g/mol. The van der Waals surface area contributed by atoms with Crippen LogP contribution in [0.3, 0.4) is 0 Å². The van der Waals surface area contributed by atoms with Gasteiger partial charge in [-0.15, -0.1) is 0 Å². The van der Waals surface area contributed by atoms with Gasteiger partial charge in [-0.1, -0.05) is 6.07 Å². The number of ether oxygens (including phenoxy) is 1. The Morgan fingerprint density at radius 2 is 2.35 bits per heavy atom. The smallest absolute Gasteiger partial charge is 0.165 e. The summed E-state index contributed by atoms with van der Waals surface area (Å²) in [6.45, 7) is 2.91. The Hall–Kier alpha value is -1.13. The summed E-state index contributed by atoms with van der Waals surface area (Å²) in [4.78, 5) is 2.30. The van der Waals surface area contributed by atoms with Crippen molar-refractivity contribution in [2.24, 2.45) is 0 Å². The van der Waals surface area contributed by atoms with Crippen LogP contribution in [0.5, 0.6) is 5.75 Å². The molecule has 1 aromatic rings. The Morgan fingerprint density at radius 1 is 1.53 bits per heavy atom. The van der Waals surface area contributed by atoms with Crippen LogP contribution in [0.15, 0.2) is 18.2 Å². The highest BCUT2D eigenvalue weighted by Crippen LogP contribution is 2.18. The lowest BCUT2D eigenvalue weighted by molar-refractivity contribution is 0.385. The minimum Gasteiger partial charge on any atom is -0.494 e. The monoisotopic (exact) mass is 238 g/mol. The van der Waals surface area contributed by atoms with Gasteiger partial charge in [-0.2, -0.15) is 0 Å². The zero-order valence-corrected chi connectivity index (χ0v) is 10.4. The Kier molecular flexibility index (Phi) is 3.97. The number of benzene rings is 1. The van der Waals surface area contributed by atoms with Crippen LogP contribution in [0, 0.1) is 5.82 Å². The normalized spacial score (nSPS) is 20.8. The number of likely N-dealkylation sites (N-methyl/N-ethyl adjacent to an activating group) is 1. The van der Waals surface area contributed by atoms with Crippen molar-refractivity contribution in [1.82, 2.24) is 10.2 Å². The van der Waals surface area contributed by atoms with Crippen LogP contribution < -0.4 is 10.1 Å². The first-order valence-electron chi connectivity index (χ1n) is 5.93. The van der Waals surface area contributed by atoms with Gasteiger partial charge < -0.3 is 15.0 Å². The van der Waals surface area contributed by atoms with E-state index in [9.17, 15) is 4.39 Å². The number of nitrogens with zero attached hydrogens (tertiary/aromatic N) is 1.